The predicted molar refractivity (Wildman–Crippen MR) is 85.2 cm³/mol. The normalized spacial score (nSPS) is 10.4. The van der Waals surface area contributed by atoms with E-state index in [2.05, 4.69) is 10.3 Å². The second-order valence-electron chi connectivity index (χ2n) is 4.76. The maximum Gasteiger partial charge on any atom is 0.301 e. The summed E-state index contributed by atoms with van der Waals surface area (Å²) in [6.07, 6.45) is 2.16. The number of halogens is 1. The van der Waals surface area contributed by atoms with Crippen LogP contribution < -0.4 is 5.32 Å². The number of hydrogen-bond donors (Lipinski definition) is 1. The van der Waals surface area contributed by atoms with Crippen molar-refractivity contribution in [2.45, 2.75) is 6.42 Å². The smallest absolute Gasteiger partial charge is 0.301 e. The Morgan fingerprint density at radius 1 is 1.14 bits per heavy atom. The molecule has 0 aliphatic heterocycles. The number of nitrogens with one attached hydrogen (secondary N) is 1. The highest BCUT2D eigenvalue weighted by atomic mass is 35.5. The molecule has 0 atom stereocenters. The zero-order valence-electron chi connectivity index (χ0n) is 11.6. The van der Waals surface area contributed by atoms with Crippen LogP contribution in [0.5, 0.6) is 0 Å². The lowest BCUT2D eigenvalue weighted by Gasteiger charge is -2.01. The van der Waals surface area contributed by atoms with E-state index in [1.54, 1.807) is 30.5 Å². The topological polar surface area (TPSA) is 55.1 Å². The number of carbonyl (C=O) groups is 1. The van der Waals surface area contributed by atoms with Crippen LogP contribution in [0.1, 0.15) is 21.7 Å². The summed E-state index contributed by atoms with van der Waals surface area (Å²) in [6, 6.07) is 16.6. The van der Waals surface area contributed by atoms with Crippen molar-refractivity contribution in [3.05, 3.63) is 82.7 Å². The summed E-state index contributed by atoms with van der Waals surface area (Å²) >= 11 is 5.95. The SMILES string of the molecule is O=C(Nc1ncc(Cc2cccc(Cl)c2)o1)c1ccccc1. The second-order valence-corrected chi connectivity index (χ2v) is 5.20. The van der Waals surface area contributed by atoms with Crippen LogP contribution in [0.3, 0.4) is 0 Å². The van der Waals surface area contributed by atoms with E-state index < -0.39 is 0 Å². The Morgan fingerprint density at radius 3 is 2.73 bits per heavy atom. The number of carbonyl (C=O) groups excluding carboxylic acids is 1. The number of hydrogen-bond acceptors (Lipinski definition) is 3. The molecule has 1 heterocycles. The Morgan fingerprint density at radius 2 is 1.95 bits per heavy atom. The van der Waals surface area contributed by atoms with E-state index in [1.165, 1.54) is 0 Å². The van der Waals surface area contributed by atoms with E-state index >= 15 is 0 Å². The van der Waals surface area contributed by atoms with Crippen molar-refractivity contribution in [1.29, 1.82) is 0 Å². The molecule has 22 heavy (non-hydrogen) atoms. The Bertz CT molecular complexity index is 784. The first-order chi connectivity index (χ1) is 10.7. The van der Waals surface area contributed by atoms with Gasteiger partial charge in [-0.2, -0.15) is 0 Å². The number of nitrogens with zero attached hydrogens (tertiary/aromatic N) is 1. The molecule has 0 radical (unpaired) electrons. The third kappa shape index (κ3) is 3.54. The van der Waals surface area contributed by atoms with E-state index in [-0.39, 0.29) is 11.9 Å². The van der Waals surface area contributed by atoms with Gasteiger partial charge in [-0.1, -0.05) is 41.9 Å². The second kappa shape index (κ2) is 6.45. The fourth-order valence-electron chi connectivity index (χ4n) is 2.05. The Kier molecular flexibility index (Phi) is 4.21. The van der Waals surface area contributed by atoms with Gasteiger partial charge in [0.1, 0.15) is 5.76 Å². The summed E-state index contributed by atoms with van der Waals surface area (Å²) in [5, 5.41) is 3.31. The molecule has 0 aliphatic carbocycles. The lowest BCUT2D eigenvalue weighted by Crippen LogP contribution is -2.11. The summed E-state index contributed by atoms with van der Waals surface area (Å²) < 4.78 is 5.53. The maximum atomic E-state index is 12.0. The van der Waals surface area contributed by atoms with Gasteiger partial charge in [-0.3, -0.25) is 10.1 Å². The Labute approximate surface area is 132 Å². The van der Waals surface area contributed by atoms with Crippen LogP contribution in [0, 0.1) is 0 Å². The number of benzene rings is 2. The average molecular weight is 313 g/mol. The molecule has 0 aliphatic rings. The van der Waals surface area contributed by atoms with Crippen LogP contribution in [0.2, 0.25) is 5.02 Å². The van der Waals surface area contributed by atoms with Gasteiger partial charge in [-0.25, -0.2) is 4.98 Å². The molecule has 2 aromatic carbocycles. The predicted octanol–water partition coefficient (Wildman–Crippen LogP) is 4.17. The largest absolute Gasteiger partial charge is 0.428 e. The molecule has 1 amide bonds. The van der Waals surface area contributed by atoms with Gasteiger partial charge in [0.25, 0.3) is 5.91 Å². The summed E-state index contributed by atoms with van der Waals surface area (Å²) in [7, 11) is 0. The van der Waals surface area contributed by atoms with Gasteiger partial charge < -0.3 is 4.42 Å². The van der Waals surface area contributed by atoms with Crippen molar-refractivity contribution in [3.8, 4) is 0 Å². The van der Waals surface area contributed by atoms with Crippen LogP contribution >= 0.6 is 11.6 Å². The monoisotopic (exact) mass is 312 g/mol. The number of amides is 1. The van der Waals surface area contributed by atoms with Gasteiger partial charge >= 0.3 is 6.01 Å². The summed E-state index contributed by atoms with van der Waals surface area (Å²) in [6.45, 7) is 0. The standard InChI is InChI=1S/C17H13ClN2O2/c18-14-8-4-5-12(9-14)10-15-11-19-17(22-15)20-16(21)13-6-2-1-3-7-13/h1-9,11H,10H2,(H,19,20,21). The molecule has 4 nitrogen and oxygen atoms in total. The van der Waals surface area contributed by atoms with Crippen LogP contribution in [-0.4, -0.2) is 10.9 Å². The first-order valence-corrected chi connectivity index (χ1v) is 7.14. The summed E-state index contributed by atoms with van der Waals surface area (Å²) in [5.74, 6) is 0.405. The molecule has 0 bridgehead atoms. The fraction of sp³-hybridized carbons (Fsp3) is 0.0588. The van der Waals surface area contributed by atoms with E-state index in [0.717, 1.165) is 5.56 Å². The van der Waals surface area contributed by atoms with Crippen molar-refractivity contribution in [2.75, 3.05) is 5.32 Å². The lowest BCUT2D eigenvalue weighted by molar-refractivity contribution is 0.102. The third-order valence-corrected chi connectivity index (χ3v) is 3.31. The molecule has 3 aromatic rings. The molecule has 0 fully saturated rings. The molecule has 1 N–H and O–H groups in total. The van der Waals surface area contributed by atoms with Crippen molar-refractivity contribution >= 4 is 23.5 Å². The molecular weight excluding hydrogens is 300 g/mol. The number of rotatable bonds is 4. The first kappa shape index (κ1) is 14.4. The van der Waals surface area contributed by atoms with Gasteiger partial charge in [-0.05, 0) is 29.8 Å². The van der Waals surface area contributed by atoms with Crippen LogP contribution in [0.15, 0.2) is 65.2 Å². The van der Waals surface area contributed by atoms with Crippen molar-refractivity contribution in [2.24, 2.45) is 0 Å². The van der Waals surface area contributed by atoms with E-state index in [9.17, 15) is 4.79 Å². The molecule has 0 saturated heterocycles. The highest BCUT2D eigenvalue weighted by Crippen LogP contribution is 2.17. The fourth-order valence-corrected chi connectivity index (χ4v) is 2.27. The summed E-state index contributed by atoms with van der Waals surface area (Å²) in [4.78, 5) is 16.1. The van der Waals surface area contributed by atoms with Crippen LogP contribution in [0.4, 0.5) is 6.01 Å². The number of anilines is 1. The highest BCUT2D eigenvalue weighted by molar-refractivity contribution is 6.30. The number of oxazole rings is 1. The molecule has 5 heteroatoms. The average Bonchev–Trinajstić information content (AvgIpc) is 2.95. The molecule has 1 aromatic heterocycles. The Balaban J connectivity index is 1.68. The zero-order chi connectivity index (χ0) is 15.4. The highest BCUT2D eigenvalue weighted by Gasteiger charge is 2.10. The van der Waals surface area contributed by atoms with Gasteiger partial charge in [0.2, 0.25) is 0 Å². The van der Waals surface area contributed by atoms with Crippen LogP contribution in [0.25, 0.3) is 0 Å². The first-order valence-electron chi connectivity index (χ1n) is 6.76. The van der Waals surface area contributed by atoms with E-state index in [0.29, 0.717) is 22.8 Å². The van der Waals surface area contributed by atoms with Crippen molar-refractivity contribution in [1.82, 2.24) is 4.98 Å². The molecule has 3 rings (SSSR count). The number of aromatic nitrogens is 1. The van der Waals surface area contributed by atoms with Crippen molar-refractivity contribution < 1.29 is 9.21 Å². The molecular formula is C17H13ClN2O2. The van der Waals surface area contributed by atoms with Crippen LogP contribution in [-0.2, 0) is 6.42 Å². The molecule has 110 valence electrons. The van der Waals surface area contributed by atoms with E-state index in [1.807, 2.05) is 30.3 Å². The minimum Gasteiger partial charge on any atom is -0.428 e. The molecule has 0 saturated carbocycles. The van der Waals surface area contributed by atoms with Gasteiger partial charge in [0.05, 0.1) is 6.20 Å². The third-order valence-electron chi connectivity index (χ3n) is 3.08. The van der Waals surface area contributed by atoms with E-state index in [4.69, 9.17) is 16.0 Å². The lowest BCUT2D eigenvalue weighted by atomic mass is 10.1. The zero-order valence-corrected chi connectivity index (χ0v) is 12.4. The molecule has 0 unspecified atom stereocenters. The quantitative estimate of drug-likeness (QED) is 0.786. The molecule has 0 spiro atoms. The summed E-state index contributed by atoms with van der Waals surface area (Å²) in [5.41, 5.74) is 1.57. The van der Waals surface area contributed by atoms with Gasteiger partial charge in [-0.15, -0.1) is 0 Å². The van der Waals surface area contributed by atoms with Gasteiger partial charge in [0, 0.05) is 17.0 Å². The minimum absolute atomic E-state index is 0.186. The van der Waals surface area contributed by atoms with Crippen molar-refractivity contribution in [3.63, 3.8) is 0 Å². The maximum absolute atomic E-state index is 12.0. The van der Waals surface area contributed by atoms with Gasteiger partial charge in [0.15, 0.2) is 0 Å². The minimum atomic E-state index is -0.253. The Hall–Kier alpha value is -2.59.